The molecule has 0 fully saturated rings. The van der Waals surface area contributed by atoms with Crippen LogP contribution in [0.15, 0.2) is 57.8 Å². The van der Waals surface area contributed by atoms with Crippen LogP contribution < -0.4 is 4.74 Å². The van der Waals surface area contributed by atoms with E-state index in [1.807, 2.05) is 31.2 Å². The fraction of sp³-hybridized carbons (Fsp3) is 0.125. The van der Waals surface area contributed by atoms with E-state index in [4.69, 9.17) is 13.9 Å². The van der Waals surface area contributed by atoms with Gasteiger partial charge in [-0.2, -0.15) is 0 Å². The van der Waals surface area contributed by atoms with Gasteiger partial charge < -0.3 is 13.9 Å². The predicted molar refractivity (Wildman–Crippen MR) is 76.9 cm³/mol. The third-order valence-corrected chi connectivity index (χ3v) is 2.85. The van der Waals surface area contributed by atoms with Gasteiger partial charge >= 0.3 is 5.97 Å². The first-order valence-electron chi connectivity index (χ1n) is 6.55. The number of ether oxygens (including phenoxy) is 2. The molecule has 5 heteroatoms. The van der Waals surface area contributed by atoms with Crippen LogP contribution in [-0.4, -0.2) is 18.5 Å². The number of rotatable bonds is 4. The number of carbonyl (C=O) groups excluding carboxylic acids is 1. The van der Waals surface area contributed by atoms with Crippen LogP contribution in [-0.2, 0) is 9.53 Å². The van der Waals surface area contributed by atoms with E-state index in [0.717, 1.165) is 11.3 Å². The largest absolute Gasteiger partial charge is 0.494 e. The molecule has 21 heavy (non-hydrogen) atoms. The van der Waals surface area contributed by atoms with Crippen LogP contribution in [0.3, 0.4) is 0 Å². The second kappa shape index (κ2) is 5.66. The average molecular weight is 283 g/mol. The Bertz CT molecular complexity index is 696. The summed E-state index contributed by atoms with van der Waals surface area (Å²) in [7, 11) is 0. The fourth-order valence-corrected chi connectivity index (χ4v) is 1.90. The maximum absolute atomic E-state index is 11.8. The minimum atomic E-state index is -0.490. The number of hydrogen-bond donors (Lipinski definition) is 0. The zero-order valence-electron chi connectivity index (χ0n) is 11.4. The van der Waals surface area contributed by atoms with E-state index < -0.39 is 5.97 Å². The van der Waals surface area contributed by atoms with Gasteiger partial charge in [-0.15, -0.1) is 0 Å². The second-order valence-electron chi connectivity index (χ2n) is 4.32. The number of furan rings is 1. The molecule has 0 unspecified atom stereocenters. The molecule has 2 aromatic rings. The number of carbonyl (C=O) groups is 1. The van der Waals surface area contributed by atoms with Crippen molar-refractivity contribution in [3.05, 3.63) is 59.7 Å². The highest BCUT2D eigenvalue weighted by Crippen LogP contribution is 2.20. The molecule has 0 bridgehead atoms. The van der Waals surface area contributed by atoms with E-state index in [2.05, 4.69) is 4.99 Å². The molecule has 0 amide bonds. The molecule has 1 aliphatic heterocycles. The molecule has 1 aliphatic rings. The Morgan fingerprint density at radius 3 is 2.71 bits per heavy atom. The maximum Gasteiger partial charge on any atom is 0.363 e. The third-order valence-electron chi connectivity index (χ3n) is 2.85. The molecule has 0 saturated carbocycles. The Morgan fingerprint density at radius 2 is 2.05 bits per heavy atom. The standard InChI is InChI=1S/C16H13NO4/c1-2-19-12-7-5-11(6-8-12)10-13-16(18)21-15(17-13)14-4-3-9-20-14/h3-10H,2H2,1H3. The summed E-state index contributed by atoms with van der Waals surface area (Å²) in [6, 6.07) is 10.8. The molecule has 3 rings (SSSR count). The van der Waals surface area contributed by atoms with Gasteiger partial charge in [0.25, 0.3) is 5.90 Å². The van der Waals surface area contributed by atoms with Crippen molar-refractivity contribution in [3.63, 3.8) is 0 Å². The highest BCUT2D eigenvalue weighted by Gasteiger charge is 2.25. The third kappa shape index (κ3) is 2.86. The minimum absolute atomic E-state index is 0.183. The molecule has 0 spiro atoms. The molecule has 1 aromatic carbocycles. The van der Waals surface area contributed by atoms with Crippen molar-refractivity contribution in [2.24, 2.45) is 4.99 Å². The first-order chi connectivity index (χ1) is 10.3. The molecule has 106 valence electrons. The van der Waals surface area contributed by atoms with Gasteiger partial charge in [-0.05, 0) is 42.8 Å². The molecular formula is C16H13NO4. The number of hydrogen-bond acceptors (Lipinski definition) is 5. The van der Waals surface area contributed by atoms with E-state index >= 15 is 0 Å². The zero-order chi connectivity index (χ0) is 14.7. The first-order valence-corrected chi connectivity index (χ1v) is 6.55. The van der Waals surface area contributed by atoms with Crippen molar-refractivity contribution in [1.29, 1.82) is 0 Å². The zero-order valence-corrected chi connectivity index (χ0v) is 11.4. The Morgan fingerprint density at radius 1 is 1.24 bits per heavy atom. The van der Waals surface area contributed by atoms with Crippen LogP contribution in [0, 0.1) is 0 Å². The Balaban J connectivity index is 1.83. The highest BCUT2D eigenvalue weighted by atomic mass is 16.6. The number of cyclic esters (lactones) is 1. The van der Waals surface area contributed by atoms with Crippen LogP contribution in [0.5, 0.6) is 5.75 Å². The Hall–Kier alpha value is -2.82. The molecule has 1 aromatic heterocycles. The van der Waals surface area contributed by atoms with Crippen LogP contribution in [0.25, 0.3) is 6.08 Å². The summed E-state index contributed by atoms with van der Waals surface area (Å²) >= 11 is 0. The smallest absolute Gasteiger partial charge is 0.363 e. The van der Waals surface area contributed by atoms with Crippen molar-refractivity contribution in [2.75, 3.05) is 6.61 Å². The number of esters is 1. The first kappa shape index (κ1) is 13.2. The molecule has 0 atom stereocenters. The van der Waals surface area contributed by atoms with Gasteiger partial charge in [-0.3, -0.25) is 0 Å². The summed E-state index contributed by atoms with van der Waals surface area (Å²) in [4.78, 5) is 15.9. The number of benzene rings is 1. The van der Waals surface area contributed by atoms with Gasteiger partial charge in [0, 0.05) is 0 Å². The summed E-state index contributed by atoms with van der Waals surface area (Å²) in [5.74, 6) is 0.907. The molecule has 2 heterocycles. The molecule has 5 nitrogen and oxygen atoms in total. The topological polar surface area (TPSA) is 61.0 Å². The average Bonchev–Trinajstić information content (AvgIpc) is 3.12. The SMILES string of the molecule is CCOc1ccc(C=C2N=C(c3ccco3)OC2=O)cc1. The van der Waals surface area contributed by atoms with Crippen molar-refractivity contribution in [1.82, 2.24) is 0 Å². The highest BCUT2D eigenvalue weighted by molar-refractivity contribution is 6.11. The summed E-state index contributed by atoms with van der Waals surface area (Å²) in [5.41, 5.74) is 1.08. The van der Waals surface area contributed by atoms with Gasteiger partial charge in [0.05, 0.1) is 12.9 Å². The van der Waals surface area contributed by atoms with Crippen molar-refractivity contribution >= 4 is 17.9 Å². The normalized spacial score (nSPS) is 16.0. The maximum atomic E-state index is 11.8. The summed E-state index contributed by atoms with van der Waals surface area (Å²) in [5, 5.41) is 0. The second-order valence-corrected chi connectivity index (χ2v) is 4.32. The monoisotopic (exact) mass is 283 g/mol. The number of aliphatic imine (C=N–C) groups is 1. The van der Waals surface area contributed by atoms with Gasteiger partial charge in [-0.1, -0.05) is 12.1 Å². The van der Waals surface area contributed by atoms with Crippen molar-refractivity contribution in [3.8, 4) is 5.75 Å². The van der Waals surface area contributed by atoms with Crippen LogP contribution >= 0.6 is 0 Å². The lowest BCUT2D eigenvalue weighted by Gasteiger charge is -2.02. The molecule has 0 radical (unpaired) electrons. The minimum Gasteiger partial charge on any atom is -0.494 e. The molecular weight excluding hydrogens is 270 g/mol. The fourth-order valence-electron chi connectivity index (χ4n) is 1.90. The Labute approximate surface area is 121 Å². The summed E-state index contributed by atoms with van der Waals surface area (Å²) in [6.45, 7) is 2.54. The van der Waals surface area contributed by atoms with E-state index in [1.165, 1.54) is 6.26 Å². The van der Waals surface area contributed by atoms with Crippen LogP contribution in [0.2, 0.25) is 0 Å². The molecule has 0 aliphatic carbocycles. The quantitative estimate of drug-likeness (QED) is 0.639. The van der Waals surface area contributed by atoms with E-state index in [9.17, 15) is 4.79 Å². The van der Waals surface area contributed by atoms with Crippen LogP contribution in [0.4, 0.5) is 0 Å². The Kier molecular flexibility index (Phi) is 3.55. The van der Waals surface area contributed by atoms with Gasteiger partial charge in [0.15, 0.2) is 11.5 Å². The van der Waals surface area contributed by atoms with E-state index in [1.54, 1.807) is 18.2 Å². The van der Waals surface area contributed by atoms with Gasteiger partial charge in [0.2, 0.25) is 0 Å². The van der Waals surface area contributed by atoms with Gasteiger partial charge in [-0.25, -0.2) is 9.79 Å². The molecule has 0 saturated heterocycles. The summed E-state index contributed by atoms with van der Waals surface area (Å²) < 4.78 is 15.6. The lowest BCUT2D eigenvalue weighted by molar-refractivity contribution is -0.130. The van der Waals surface area contributed by atoms with E-state index in [-0.39, 0.29) is 11.6 Å². The van der Waals surface area contributed by atoms with E-state index in [0.29, 0.717) is 12.4 Å². The lowest BCUT2D eigenvalue weighted by atomic mass is 10.2. The van der Waals surface area contributed by atoms with Crippen LogP contribution in [0.1, 0.15) is 18.2 Å². The summed E-state index contributed by atoms with van der Waals surface area (Å²) in [6.07, 6.45) is 3.16. The molecule has 0 N–H and O–H groups in total. The van der Waals surface area contributed by atoms with Crippen molar-refractivity contribution in [2.45, 2.75) is 6.92 Å². The van der Waals surface area contributed by atoms with Crippen molar-refractivity contribution < 1.29 is 18.7 Å². The number of nitrogens with zero attached hydrogens (tertiary/aromatic N) is 1. The predicted octanol–water partition coefficient (Wildman–Crippen LogP) is 3.02. The van der Waals surface area contributed by atoms with Gasteiger partial charge in [0.1, 0.15) is 5.75 Å². The lowest BCUT2D eigenvalue weighted by Crippen LogP contribution is -2.04.